The van der Waals surface area contributed by atoms with Crippen LogP contribution in [0.25, 0.3) is 0 Å². The predicted octanol–water partition coefficient (Wildman–Crippen LogP) is 3.43. The zero-order valence-corrected chi connectivity index (χ0v) is 11.2. The van der Waals surface area contributed by atoms with Crippen LogP contribution >= 0.6 is 12.2 Å². The summed E-state index contributed by atoms with van der Waals surface area (Å²) in [6, 6.07) is 0. The van der Waals surface area contributed by atoms with Crippen molar-refractivity contribution in [2.75, 3.05) is 0 Å². The molecule has 0 unspecified atom stereocenters. The molecule has 1 aromatic rings. The van der Waals surface area contributed by atoms with Crippen LogP contribution in [0.15, 0.2) is 0 Å². The van der Waals surface area contributed by atoms with Gasteiger partial charge in [0, 0.05) is 12.0 Å². The first kappa shape index (κ1) is 11.8. The van der Waals surface area contributed by atoms with E-state index in [2.05, 4.69) is 35.5 Å². The molecule has 1 aromatic heterocycles. The van der Waals surface area contributed by atoms with Gasteiger partial charge in [-0.1, -0.05) is 33.6 Å². The molecule has 90 valence electrons. The largest absolute Gasteiger partial charge is 0.303 e. The van der Waals surface area contributed by atoms with E-state index < -0.39 is 0 Å². The molecule has 0 spiro atoms. The van der Waals surface area contributed by atoms with Crippen LogP contribution in [0.4, 0.5) is 0 Å². The zero-order chi connectivity index (χ0) is 11.8. The van der Waals surface area contributed by atoms with Crippen molar-refractivity contribution in [1.29, 1.82) is 0 Å². The summed E-state index contributed by atoms with van der Waals surface area (Å²) in [6.45, 7) is 7.73. The molecular formula is C12H21N3S. The van der Waals surface area contributed by atoms with Gasteiger partial charge in [-0.2, -0.15) is 5.10 Å². The van der Waals surface area contributed by atoms with Crippen LogP contribution in [0.3, 0.4) is 0 Å². The minimum absolute atomic E-state index is 0.239. The lowest BCUT2D eigenvalue weighted by Gasteiger charge is -2.23. The molecule has 0 amide bonds. The maximum Gasteiger partial charge on any atom is 0.195 e. The van der Waals surface area contributed by atoms with Gasteiger partial charge in [0.15, 0.2) is 4.77 Å². The second-order valence-electron chi connectivity index (χ2n) is 5.62. The number of hydrogen-bond donors (Lipinski definition) is 1. The van der Waals surface area contributed by atoms with E-state index in [0.717, 1.165) is 11.3 Å². The van der Waals surface area contributed by atoms with E-state index in [1.54, 1.807) is 0 Å². The molecule has 0 saturated heterocycles. The number of H-pyrrole nitrogens is 1. The fourth-order valence-electron chi connectivity index (χ4n) is 2.69. The third kappa shape index (κ3) is 2.08. The van der Waals surface area contributed by atoms with Crippen LogP contribution in [0, 0.1) is 10.7 Å². The van der Waals surface area contributed by atoms with Crippen LogP contribution in [-0.2, 0) is 12.0 Å². The van der Waals surface area contributed by atoms with Gasteiger partial charge >= 0.3 is 0 Å². The van der Waals surface area contributed by atoms with E-state index >= 15 is 0 Å². The van der Waals surface area contributed by atoms with Gasteiger partial charge < -0.3 is 4.57 Å². The topological polar surface area (TPSA) is 33.6 Å². The van der Waals surface area contributed by atoms with Crippen molar-refractivity contribution in [3.8, 4) is 0 Å². The fourth-order valence-corrected chi connectivity index (χ4v) is 2.90. The second-order valence-corrected chi connectivity index (χ2v) is 6.01. The molecule has 1 saturated carbocycles. The maximum atomic E-state index is 5.32. The van der Waals surface area contributed by atoms with Crippen LogP contribution in [0.1, 0.15) is 52.3 Å². The zero-order valence-electron chi connectivity index (χ0n) is 10.4. The minimum Gasteiger partial charge on any atom is -0.303 e. The lowest BCUT2D eigenvalue weighted by atomic mass is 9.88. The van der Waals surface area contributed by atoms with Crippen LogP contribution < -0.4 is 0 Å². The molecule has 1 fully saturated rings. The first-order chi connectivity index (χ1) is 7.53. The van der Waals surface area contributed by atoms with Crippen LogP contribution in [0.5, 0.6) is 0 Å². The van der Waals surface area contributed by atoms with Gasteiger partial charge in [0.1, 0.15) is 5.82 Å². The Morgan fingerprint density at radius 1 is 1.44 bits per heavy atom. The molecule has 1 aliphatic rings. The van der Waals surface area contributed by atoms with Crippen molar-refractivity contribution in [1.82, 2.24) is 14.8 Å². The van der Waals surface area contributed by atoms with Crippen molar-refractivity contribution in [3.63, 3.8) is 0 Å². The summed E-state index contributed by atoms with van der Waals surface area (Å²) in [5.41, 5.74) is 0.239. The van der Waals surface area contributed by atoms with Crippen molar-refractivity contribution >= 4 is 12.2 Å². The molecule has 0 bridgehead atoms. The van der Waals surface area contributed by atoms with Crippen molar-refractivity contribution in [2.45, 2.75) is 58.4 Å². The Labute approximate surface area is 102 Å². The Kier molecular flexibility index (Phi) is 3.19. The SMILES string of the molecule is CC(C)Cn1c(C2(C)CCCC2)n[nH]c1=S. The first-order valence-corrected chi connectivity index (χ1v) is 6.59. The molecule has 1 heterocycles. The fraction of sp³-hybridized carbons (Fsp3) is 0.833. The van der Waals surface area contributed by atoms with Crippen molar-refractivity contribution in [3.05, 3.63) is 10.6 Å². The highest BCUT2D eigenvalue weighted by Crippen LogP contribution is 2.39. The van der Waals surface area contributed by atoms with E-state index in [-0.39, 0.29) is 5.41 Å². The number of nitrogens with one attached hydrogen (secondary N) is 1. The van der Waals surface area contributed by atoms with Crippen molar-refractivity contribution in [2.24, 2.45) is 5.92 Å². The second kappa shape index (κ2) is 4.32. The summed E-state index contributed by atoms with van der Waals surface area (Å²) in [5.74, 6) is 1.77. The van der Waals surface area contributed by atoms with Crippen molar-refractivity contribution < 1.29 is 0 Å². The van der Waals surface area contributed by atoms with E-state index in [4.69, 9.17) is 12.2 Å². The molecule has 0 aromatic carbocycles. The summed E-state index contributed by atoms with van der Waals surface area (Å²) in [7, 11) is 0. The van der Waals surface area contributed by atoms with Gasteiger partial charge in [0.05, 0.1) is 0 Å². The van der Waals surface area contributed by atoms with Gasteiger partial charge in [-0.15, -0.1) is 0 Å². The Bertz CT molecular complexity index is 410. The predicted molar refractivity (Wildman–Crippen MR) is 68.1 cm³/mol. The van der Waals surface area contributed by atoms with E-state index in [0.29, 0.717) is 5.92 Å². The molecule has 3 nitrogen and oxygen atoms in total. The summed E-state index contributed by atoms with van der Waals surface area (Å²) in [4.78, 5) is 0. The van der Waals surface area contributed by atoms with E-state index in [1.807, 2.05) is 0 Å². The maximum absolute atomic E-state index is 5.32. The summed E-state index contributed by atoms with van der Waals surface area (Å²) in [5, 5.41) is 7.43. The third-order valence-electron chi connectivity index (χ3n) is 3.55. The van der Waals surface area contributed by atoms with Gasteiger partial charge in [0.25, 0.3) is 0 Å². The Hall–Kier alpha value is -0.640. The molecule has 16 heavy (non-hydrogen) atoms. The Morgan fingerprint density at radius 3 is 2.62 bits per heavy atom. The smallest absolute Gasteiger partial charge is 0.195 e. The standard InChI is InChI=1S/C12H21N3S/c1-9(2)8-15-10(13-14-11(15)16)12(3)6-4-5-7-12/h9H,4-8H2,1-3H3,(H,14,16). The summed E-state index contributed by atoms with van der Waals surface area (Å²) in [6.07, 6.45) is 5.12. The number of rotatable bonds is 3. The van der Waals surface area contributed by atoms with Gasteiger partial charge in [0.2, 0.25) is 0 Å². The molecule has 4 heteroatoms. The molecular weight excluding hydrogens is 218 g/mol. The minimum atomic E-state index is 0.239. The highest BCUT2D eigenvalue weighted by molar-refractivity contribution is 7.71. The number of aromatic amines is 1. The number of hydrogen-bond acceptors (Lipinski definition) is 2. The summed E-state index contributed by atoms with van der Waals surface area (Å²) < 4.78 is 2.97. The van der Waals surface area contributed by atoms with E-state index in [1.165, 1.54) is 31.5 Å². The normalized spacial score (nSPS) is 19.5. The molecule has 0 radical (unpaired) electrons. The Morgan fingerprint density at radius 2 is 2.06 bits per heavy atom. The highest BCUT2D eigenvalue weighted by atomic mass is 32.1. The number of nitrogens with zero attached hydrogens (tertiary/aromatic N) is 2. The quantitative estimate of drug-likeness (QED) is 0.820. The highest BCUT2D eigenvalue weighted by Gasteiger charge is 2.35. The lowest BCUT2D eigenvalue weighted by molar-refractivity contribution is 0.406. The Balaban J connectivity index is 2.37. The summed E-state index contributed by atoms with van der Waals surface area (Å²) >= 11 is 5.32. The van der Waals surface area contributed by atoms with Gasteiger partial charge in [-0.25, -0.2) is 0 Å². The monoisotopic (exact) mass is 239 g/mol. The van der Waals surface area contributed by atoms with Gasteiger partial charge in [-0.3, -0.25) is 5.10 Å². The number of aromatic nitrogens is 3. The average molecular weight is 239 g/mol. The third-order valence-corrected chi connectivity index (χ3v) is 3.86. The molecule has 1 N–H and O–H groups in total. The molecule has 2 rings (SSSR count). The van der Waals surface area contributed by atoms with E-state index in [9.17, 15) is 0 Å². The molecule has 1 aliphatic carbocycles. The van der Waals surface area contributed by atoms with Gasteiger partial charge in [-0.05, 0) is 31.0 Å². The molecule has 0 aliphatic heterocycles. The van der Waals surface area contributed by atoms with Crippen LogP contribution in [-0.4, -0.2) is 14.8 Å². The lowest BCUT2D eigenvalue weighted by Crippen LogP contribution is -2.24. The van der Waals surface area contributed by atoms with Crippen LogP contribution in [0.2, 0.25) is 0 Å². The molecule has 0 atom stereocenters. The average Bonchev–Trinajstić information content (AvgIpc) is 2.76. The first-order valence-electron chi connectivity index (χ1n) is 6.18.